The van der Waals surface area contributed by atoms with Crippen molar-refractivity contribution in [2.24, 2.45) is 0 Å². The van der Waals surface area contributed by atoms with Crippen LogP contribution in [0.2, 0.25) is 0 Å². The van der Waals surface area contributed by atoms with Crippen LogP contribution in [-0.4, -0.2) is 24.0 Å². The highest BCUT2D eigenvalue weighted by Crippen LogP contribution is 2.16. The van der Waals surface area contributed by atoms with Crippen LogP contribution in [-0.2, 0) is 13.1 Å². The second kappa shape index (κ2) is 4.76. The summed E-state index contributed by atoms with van der Waals surface area (Å²) < 4.78 is 3.59. The quantitative estimate of drug-likeness (QED) is 0.538. The van der Waals surface area contributed by atoms with Crippen LogP contribution in [0.3, 0.4) is 0 Å². The predicted molar refractivity (Wildman–Crippen MR) is 73.4 cm³/mol. The summed E-state index contributed by atoms with van der Waals surface area (Å²) in [6.45, 7) is 2.86. The van der Waals surface area contributed by atoms with Gasteiger partial charge in [0.15, 0.2) is 5.82 Å². The summed E-state index contributed by atoms with van der Waals surface area (Å²) in [7, 11) is 0. The molecule has 0 N–H and O–H groups in total. The molecule has 0 saturated carbocycles. The number of imidazole rings is 2. The van der Waals surface area contributed by atoms with Crippen molar-refractivity contribution in [2.45, 2.75) is 20.0 Å². The Bertz CT molecular complexity index is 774. The van der Waals surface area contributed by atoms with Gasteiger partial charge in [0, 0.05) is 6.92 Å². The van der Waals surface area contributed by atoms with Crippen LogP contribution in [0.15, 0.2) is 36.8 Å². The molecule has 0 atom stereocenters. The highest BCUT2D eigenvalue weighted by Gasteiger charge is 2.17. The number of nitrogens with zero attached hydrogens (tertiary/aromatic N) is 5. The Morgan fingerprint density at radius 1 is 1.25 bits per heavy atom. The third-order valence-electron chi connectivity index (χ3n) is 3.31. The summed E-state index contributed by atoms with van der Waals surface area (Å²) >= 11 is 0. The molecule has 0 bridgehead atoms. The molecule has 0 amide bonds. The average molecular weight is 271 g/mol. The van der Waals surface area contributed by atoms with Crippen LogP contribution in [0.5, 0.6) is 0 Å². The van der Waals surface area contributed by atoms with E-state index in [-0.39, 0.29) is 5.82 Å². The van der Waals surface area contributed by atoms with Crippen LogP contribution in [0.1, 0.15) is 5.82 Å². The number of aryl methyl sites for hydroxylation is 2. The number of fused-ring (bicyclic) bond motifs is 1. The Labute approximate surface area is 114 Å². The monoisotopic (exact) mass is 271 g/mol. The number of rotatable bonds is 4. The van der Waals surface area contributed by atoms with Crippen molar-refractivity contribution in [3.05, 3.63) is 52.7 Å². The third kappa shape index (κ3) is 2.03. The summed E-state index contributed by atoms with van der Waals surface area (Å²) in [4.78, 5) is 18.8. The molecule has 0 aliphatic carbocycles. The van der Waals surface area contributed by atoms with Gasteiger partial charge in [-0.2, -0.15) is 0 Å². The zero-order valence-electron chi connectivity index (χ0n) is 10.9. The van der Waals surface area contributed by atoms with Crippen LogP contribution < -0.4 is 0 Å². The van der Waals surface area contributed by atoms with Crippen molar-refractivity contribution < 1.29 is 4.92 Å². The minimum absolute atomic E-state index is 0.0203. The molecule has 0 spiro atoms. The lowest BCUT2D eigenvalue weighted by atomic mass is 10.3. The van der Waals surface area contributed by atoms with E-state index in [0.717, 1.165) is 11.0 Å². The topological polar surface area (TPSA) is 78.8 Å². The van der Waals surface area contributed by atoms with Crippen LogP contribution >= 0.6 is 0 Å². The van der Waals surface area contributed by atoms with E-state index in [9.17, 15) is 10.1 Å². The average Bonchev–Trinajstić information content (AvgIpc) is 3.00. The number of hydrogen-bond donors (Lipinski definition) is 0. The van der Waals surface area contributed by atoms with Gasteiger partial charge in [-0.15, -0.1) is 0 Å². The maximum atomic E-state index is 10.9. The highest BCUT2D eigenvalue weighted by molar-refractivity contribution is 5.74. The van der Waals surface area contributed by atoms with E-state index in [4.69, 9.17) is 0 Å². The molecule has 0 radical (unpaired) electrons. The molecule has 0 saturated heterocycles. The van der Waals surface area contributed by atoms with Gasteiger partial charge in [0.2, 0.25) is 0 Å². The minimum Gasteiger partial charge on any atom is -0.358 e. The fourth-order valence-electron chi connectivity index (χ4n) is 2.27. The summed E-state index contributed by atoms with van der Waals surface area (Å²) in [6.07, 6.45) is 3.05. The number of nitro groups is 1. The first kappa shape index (κ1) is 12.3. The lowest BCUT2D eigenvalue weighted by molar-refractivity contribution is -0.392. The summed E-state index contributed by atoms with van der Waals surface area (Å²) in [5.74, 6) is 0.660. The zero-order valence-corrected chi connectivity index (χ0v) is 10.9. The van der Waals surface area contributed by atoms with E-state index in [1.165, 1.54) is 6.20 Å². The summed E-state index contributed by atoms with van der Waals surface area (Å²) in [5.41, 5.74) is 1.94. The summed E-state index contributed by atoms with van der Waals surface area (Å²) in [6, 6.07) is 7.81. The van der Waals surface area contributed by atoms with Crippen molar-refractivity contribution in [3.8, 4) is 0 Å². The Balaban J connectivity index is 1.87. The van der Waals surface area contributed by atoms with Crippen LogP contribution in [0, 0.1) is 17.0 Å². The Kier molecular flexibility index (Phi) is 2.94. The van der Waals surface area contributed by atoms with Gasteiger partial charge in [-0.05, 0) is 17.1 Å². The Morgan fingerprint density at radius 2 is 2.05 bits per heavy atom. The van der Waals surface area contributed by atoms with Gasteiger partial charge < -0.3 is 14.7 Å². The van der Waals surface area contributed by atoms with Gasteiger partial charge in [0.1, 0.15) is 12.7 Å². The van der Waals surface area contributed by atoms with E-state index in [1.54, 1.807) is 17.8 Å². The van der Waals surface area contributed by atoms with Gasteiger partial charge in [-0.1, -0.05) is 12.1 Å². The number of benzene rings is 1. The normalized spacial score (nSPS) is 11.1. The molecule has 0 unspecified atom stereocenters. The number of aromatic nitrogens is 4. The van der Waals surface area contributed by atoms with Gasteiger partial charge in [0.05, 0.1) is 23.9 Å². The number of para-hydroxylation sites is 2. The van der Waals surface area contributed by atoms with E-state index in [1.807, 2.05) is 28.8 Å². The molecule has 0 aliphatic rings. The molecule has 2 aromatic heterocycles. The van der Waals surface area contributed by atoms with Crippen LogP contribution in [0.4, 0.5) is 5.82 Å². The largest absolute Gasteiger partial charge is 0.358 e. The molecule has 0 aliphatic heterocycles. The maximum absolute atomic E-state index is 10.9. The third-order valence-corrected chi connectivity index (χ3v) is 3.31. The Hall–Kier alpha value is -2.70. The molecule has 3 rings (SSSR count). The molecular formula is C13H13N5O2. The fourth-order valence-corrected chi connectivity index (χ4v) is 2.27. The smallest absolute Gasteiger partial charge is 0.342 e. The van der Waals surface area contributed by atoms with Gasteiger partial charge >= 0.3 is 5.82 Å². The van der Waals surface area contributed by atoms with Gasteiger partial charge in [-0.3, -0.25) is 0 Å². The lowest BCUT2D eigenvalue weighted by Crippen LogP contribution is -2.10. The first-order valence-corrected chi connectivity index (χ1v) is 6.23. The van der Waals surface area contributed by atoms with E-state index in [2.05, 4.69) is 9.97 Å². The van der Waals surface area contributed by atoms with E-state index >= 15 is 0 Å². The highest BCUT2D eigenvalue weighted by atomic mass is 16.6. The van der Waals surface area contributed by atoms with Crippen molar-refractivity contribution in [1.82, 2.24) is 19.1 Å². The van der Waals surface area contributed by atoms with Crippen molar-refractivity contribution in [2.75, 3.05) is 0 Å². The number of hydrogen-bond acceptors (Lipinski definition) is 4. The first-order chi connectivity index (χ1) is 9.66. The predicted octanol–water partition coefficient (Wildman–Crippen LogP) is 2.15. The molecule has 0 fully saturated rings. The summed E-state index contributed by atoms with van der Waals surface area (Å²) in [5, 5.41) is 10.9. The molecule has 3 aromatic rings. The second-order valence-corrected chi connectivity index (χ2v) is 4.50. The SMILES string of the molecule is Cc1ncc([N+](=O)[O-])n1CCn1cnc2ccccc21. The van der Waals surface area contributed by atoms with Crippen molar-refractivity contribution >= 4 is 16.9 Å². The zero-order chi connectivity index (χ0) is 14.1. The molecule has 7 nitrogen and oxygen atoms in total. The molecule has 1 aromatic carbocycles. The molecule has 7 heteroatoms. The second-order valence-electron chi connectivity index (χ2n) is 4.50. The minimum atomic E-state index is -0.411. The first-order valence-electron chi connectivity index (χ1n) is 6.23. The molecule has 20 heavy (non-hydrogen) atoms. The molecule has 102 valence electrons. The lowest BCUT2D eigenvalue weighted by Gasteiger charge is -2.05. The van der Waals surface area contributed by atoms with E-state index < -0.39 is 4.92 Å². The maximum Gasteiger partial charge on any atom is 0.342 e. The van der Waals surface area contributed by atoms with Gasteiger partial charge in [0.25, 0.3) is 0 Å². The molecule has 2 heterocycles. The Morgan fingerprint density at radius 3 is 2.85 bits per heavy atom. The van der Waals surface area contributed by atoms with Crippen molar-refractivity contribution in [3.63, 3.8) is 0 Å². The van der Waals surface area contributed by atoms with Crippen LogP contribution in [0.25, 0.3) is 11.0 Å². The van der Waals surface area contributed by atoms with Gasteiger partial charge in [-0.25, -0.2) is 14.5 Å². The standard InChI is InChI=1S/C13H13N5O2/c1-10-14-8-13(18(19)20)17(10)7-6-16-9-15-11-4-2-3-5-12(11)16/h2-5,8-9H,6-7H2,1H3. The van der Waals surface area contributed by atoms with E-state index in [0.29, 0.717) is 18.9 Å². The van der Waals surface area contributed by atoms with Crippen molar-refractivity contribution in [1.29, 1.82) is 0 Å². The fraction of sp³-hybridized carbons (Fsp3) is 0.231. The molecular weight excluding hydrogens is 258 g/mol.